The van der Waals surface area contributed by atoms with Crippen molar-refractivity contribution in [2.45, 2.75) is 110 Å². The summed E-state index contributed by atoms with van der Waals surface area (Å²) in [7, 11) is 0. The highest BCUT2D eigenvalue weighted by Gasteiger charge is 2.22. The summed E-state index contributed by atoms with van der Waals surface area (Å²) in [6.07, 6.45) is 17.7. The number of ether oxygens (including phenoxy) is 2. The van der Waals surface area contributed by atoms with Crippen molar-refractivity contribution in [2.24, 2.45) is 11.8 Å². The maximum absolute atomic E-state index is 12.7. The summed E-state index contributed by atoms with van der Waals surface area (Å²) in [6, 6.07) is 21.8. The van der Waals surface area contributed by atoms with Gasteiger partial charge < -0.3 is 14.0 Å². The maximum Gasteiger partial charge on any atom is 0.343 e. The van der Waals surface area contributed by atoms with Crippen LogP contribution in [0.15, 0.2) is 77.3 Å². The monoisotopic (exact) mass is 650 g/mol. The summed E-state index contributed by atoms with van der Waals surface area (Å²) >= 11 is 0. The maximum atomic E-state index is 12.7. The van der Waals surface area contributed by atoms with E-state index in [1.54, 1.807) is 36.4 Å². The zero-order valence-electron chi connectivity index (χ0n) is 28.6. The fourth-order valence-electron chi connectivity index (χ4n) is 6.52. The zero-order valence-corrected chi connectivity index (χ0v) is 28.6. The standard InChI is InChI=1S/C41H50N2O5/c1-3-5-7-9-11-31-16-19-35(20-17-31)41(45)47-37-27-23-34(24-28-37)40-42-39(43-48-40)33-21-25-36(26-22-33)46-38(44)29-18-32-14-12-30(13-15-32)10-8-6-4-2/h16-17,19-28,30,32H,3-15,18,29H2,1-2H3. The van der Waals surface area contributed by atoms with E-state index in [0.717, 1.165) is 30.7 Å². The van der Waals surface area contributed by atoms with Crippen LogP contribution in [0.3, 0.4) is 0 Å². The lowest BCUT2D eigenvalue weighted by Crippen LogP contribution is -2.17. The molecule has 7 heteroatoms. The third kappa shape index (κ3) is 10.6. The van der Waals surface area contributed by atoms with Gasteiger partial charge in [-0.2, -0.15) is 4.98 Å². The van der Waals surface area contributed by atoms with Crippen molar-refractivity contribution in [1.82, 2.24) is 10.1 Å². The van der Waals surface area contributed by atoms with Gasteiger partial charge in [0.05, 0.1) is 5.56 Å². The molecule has 0 saturated heterocycles. The predicted molar refractivity (Wildman–Crippen MR) is 189 cm³/mol. The van der Waals surface area contributed by atoms with E-state index in [0.29, 0.717) is 46.7 Å². The Kier molecular flexibility index (Phi) is 13.4. The highest BCUT2D eigenvalue weighted by atomic mass is 16.5. The summed E-state index contributed by atoms with van der Waals surface area (Å²) in [6.45, 7) is 4.47. The van der Waals surface area contributed by atoms with Gasteiger partial charge in [-0.15, -0.1) is 0 Å². The Bertz CT molecular complexity index is 1550. The van der Waals surface area contributed by atoms with Crippen molar-refractivity contribution < 1.29 is 23.6 Å². The molecule has 1 saturated carbocycles. The van der Waals surface area contributed by atoms with Crippen LogP contribution >= 0.6 is 0 Å². The van der Waals surface area contributed by atoms with Gasteiger partial charge in [0.15, 0.2) is 0 Å². The SMILES string of the molecule is CCCCCCc1ccc(C(=O)Oc2ccc(-c3nc(-c4ccc(OC(=O)CCC5CCC(CCCCC)CC5)cc4)no3)cc2)cc1. The highest BCUT2D eigenvalue weighted by Crippen LogP contribution is 2.34. The Morgan fingerprint density at radius 3 is 1.96 bits per heavy atom. The Hall–Kier alpha value is -4.26. The number of esters is 2. The number of aryl methyl sites for hydroxylation is 1. The molecule has 0 bridgehead atoms. The second-order valence-corrected chi connectivity index (χ2v) is 13.3. The number of hydrogen-bond donors (Lipinski definition) is 0. The molecule has 0 amide bonds. The van der Waals surface area contributed by atoms with Crippen LogP contribution in [0.5, 0.6) is 11.5 Å². The van der Waals surface area contributed by atoms with Crippen LogP contribution in [0.2, 0.25) is 0 Å². The molecular weight excluding hydrogens is 600 g/mol. The van der Waals surface area contributed by atoms with E-state index in [1.165, 1.54) is 76.2 Å². The van der Waals surface area contributed by atoms with Crippen molar-refractivity contribution in [3.8, 4) is 34.3 Å². The van der Waals surface area contributed by atoms with E-state index in [1.807, 2.05) is 36.4 Å². The first-order valence-corrected chi connectivity index (χ1v) is 18.1. The number of carbonyl (C=O) groups excluding carboxylic acids is 2. The van der Waals surface area contributed by atoms with Gasteiger partial charge in [0.1, 0.15) is 11.5 Å². The second-order valence-electron chi connectivity index (χ2n) is 13.3. The first kappa shape index (κ1) is 35.1. The molecule has 1 aliphatic carbocycles. The van der Waals surface area contributed by atoms with Crippen molar-refractivity contribution in [1.29, 1.82) is 0 Å². The van der Waals surface area contributed by atoms with E-state index in [9.17, 15) is 9.59 Å². The van der Waals surface area contributed by atoms with E-state index >= 15 is 0 Å². The largest absolute Gasteiger partial charge is 0.427 e. The number of hydrogen-bond acceptors (Lipinski definition) is 7. The molecule has 3 aromatic carbocycles. The number of rotatable bonds is 17. The third-order valence-electron chi connectivity index (χ3n) is 9.53. The molecule has 0 spiro atoms. The van der Waals surface area contributed by atoms with Crippen LogP contribution in [0.1, 0.15) is 120 Å². The van der Waals surface area contributed by atoms with Gasteiger partial charge in [0.2, 0.25) is 5.82 Å². The number of carbonyl (C=O) groups is 2. The average molecular weight is 651 g/mol. The molecule has 254 valence electrons. The number of aromatic nitrogens is 2. The molecule has 5 rings (SSSR count). The van der Waals surface area contributed by atoms with Crippen molar-refractivity contribution >= 4 is 11.9 Å². The quantitative estimate of drug-likeness (QED) is 0.0638. The molecule has 0 atom stereocenters. The minimum Gasteiger partial charge on any atom is -0.427 e. The lowest BCUT2D eigenvalue weighted by atomic mass is 9.78. The summed E-state index contributed by atoms with van der Waals surface area (Å²) in [4.78, 5) is 29.7. The minimum absolute atomic E-state index is 0.185. The van der Waals surface area contributed by atoms with E-state index < -0.39 is 5.97 Å². The van der Waals surface area contributed by atoms with Crippen LogP contribution in [0, 0.1) is 11.8 Å². The predicted octanol–water partition coefficient (Wildman–Crippen LogP) is 10.8. The summed E-state index contributed by atoms with van der Waals surface area (Å²) in [5.74, 6) is 2.65. The van der Waals surface area contributed by atoms with E-state index in [2.05, 4.69) is 24.0 Å². The van der Waals surface area contributed by atoms with Crippen LogP contribution in [-0.2, 0) is 11.2 Å². The van der Waals surface area contributed by atoms with Gasteiger partial charge in [-0.25, -0.2) is 4.79 Å². The lowest BCUT2D eigenvalue weighted by molar-refractivity contribution is -0.134. The van der Waals surface area contributed by atoms with Gasteiger partial charge in [-0.05, 0) is 97.3 Å². The van der Waals surface area contributed by atoms with Crippen LogP contribution in [0.25, 0.3) is 22.8 Å². The van der Waals surface area contributed by atoms with E-state index in [4.69, 9.17) is 14.0 Å². The fourth-order valence-corrected chi connectivity index (χ4v) is 6.52. The number of benzene rings is 3. The van der Waals surface area contributed by atoms with Gasteiger partial charge in [0.25, 0.3) is 5.89 Å². The van der Waals surface area contributed by atoms with Gasteiger partial charge in [-0.3, -0.25) is 4.79 Å². The Morgan fingerprint density at radius 2 is 1.29 bits per heavy atom. The lowest BCUT2D eigenvalue weighted by Gasteiger charge is -2.28. The van der Waals surface area contributed by atoms with Gasteiger partial charge >= 0.3 is 11.9 Å². The molecule has 0 N–H and O–H groups in total. The molecule has 1 aliphatic rings. The fraction of sp³-hybridized carbons (Fsp3) is 0.463. The molecule has 7 nitrogen and oxygen atoms in total. The van der Waals surface area contributed by atoms with Crippen LogP contribution in [-0.4, -0.2) is 22.1 Å². The van der Waals surface area contributed by atoms with E-state index in [-0.39, 0.29) is 5.97 Å². The molecule has 0 aliphatic heterocycles. The summed E-state index contributed by atoms with van der Waals surface area (Å²) in [5.41, 5.74) is 3.20. The Labute approximate surface area is 285 Å². The zero-order chi connectivity index (χ0) is 33.6. The Morgan fingerprint density at radius 1 is 0.688 bits per heavy atom. The molecule has 4 aromatic rings. The smallest absolute Gasteiger partial charge is 0.343 e. The molecule has 0 unspecified atom stereocenters. The number of unbranched alkanes of at least 4 members (excludes halogenated alkanes) is 5. The third-order valence-corrected chi connectivity index (χ3v) is 9.53. The molecule has 0 radical (unpaired) electrons. The molecular formula is C41H50N2O5. The van der Waals surface area contributed by atoms with Crippen LogP contribution in [0.4, 0.5) is 0 Å². The molecule has 48 heavy (non-hydrogen) atoms. The highest BCUT2D eigenvalue weighted by molar-refractivity contribution is 5.91. The van der Waals surface area contributed by atoms with Crippen molar-refractivity contribution in [2.75, 3.05) is 0 Å². The summed E-state index contributed by atoms with van der Waals surface area (Å²) < 4.78 is 16.7. The molecule has 1 fully saturated rings. The van der Waals surface area contributed by atoms with Gasteiger partial charge in [0, 0.05) is 17.5 Å². The first-order valence-electron chi connectivity index (χ1n) is 18.1. The number of nitrogens with zero attached hydrogens (tertiary/aromatic N) is 2. The van der Waals surface area contributed by atoms with Crippen molar-refractivity contribution in [3.63, 3.8) is 0 Å². The summed E-state index contributed by atoms with van der Waals surface area (Å²) in [5, 5.41) is 4.13. The Balaban J connectivity index is 1.06. The van der Waals surface area contributed by atoms with Gasteiger partial charge in [-0.1, -0.05) is 102 Å². The molecule has 1 aromatic heterocycles. The second kappa shape index (κ2) is 18.3. The van der Waals surface area contributed by atoms with Crippen molar-refractivity contribution in [3.05, 3.63) is 83.9 Å². The molecule has 1 heterocycles. The normalized spacial score (nSPS) is 16.0. The minimum atomic E-state index is -0.398. The average Bonchev–Trinajstić information content (AvgIpc) is 3.61. The first-order chi connectivity index (χ1) is 23.5. The topological polar surface area (TPSA) is 91.5 Å². The van der Waals surface area contributed by atoms with Crippen LogP contribution < -0.4 is 9.47 Å².